The molecule has 1 aromatic rings. The van der Waals surface area contributed by atoms with E-state index in [0.29, 0.717) is 0 Å². The number of rotatable bonds is 3. The van der Waals surface area contributed by atoms with E-state index in [2.05, 4.69) is 14.4 Å². The van der Waals surface area contributed by atoms with Crippen molar-refractivity contribution < 1.29 is 12.9 Å². The third-order valence-corrected chi connectivity index (χ3v) is 2.58. The summed E-state index contributed by atoms with van der Waals surface area (Å²) < 4.78 is 29.9. The SMILES string of the molecule is CN(C)S(=O)(=O)Nc1ccon1. The minimum atomic E-state index is -3.46. The monoisotopic (exact) mass is 191 g/mol. The third-order valence-electron chi connectivity index (χ3n) is 1.15. The summed E-state index contributed by atoms with van der Waals surface area (Å²) in [5.41, 5.74) is 0. The minimum absolute atomic E-state index is 0.170. The van der Waals surface area contributed by atoms with Gasteiger partial charge in [0.2, 0.25) is 0 Å². The molecule has 0 radical (unpaired) electrons. The molecule has 0 aliphatic carbocycles. The maximum Gasteiger partial charge on any atom is 0.302 e. The van der Waals surface area contributed by atoms with Crippen LogP contribution in [0, 0.1) is 0 Å². The number of aromatic nitrogens is 1. The lowest BCUT2D eigenvalue weighted by Gasteiger charge is -2.10. The Hall–Kier alpha value is -1.08. The summed E-state index contributed by atoms with van der Waals surface area (Å²) in [5, 5.41) is 3.39. The maximum absolute atomic E-state index is 11.1. The molecule has 6 nitrogen and oxygen atoms in total. The first kappa shape index (κ1) is 9.01. The van der Waals surface area contributed by atoms with Gasteiger partial charge in [-0.3, -0.25) is 4.72 Å². The fraction of sp³-hybridized carbons (Fsp3) is 0.400. The van der Waals surface area contributed by atoms with Crippen LogP contribution in [0.3, 0.4) is 0 Å². The molecule has 0 unspecified atom stereocenters. The Kier molecular flexibility index (Phi) is 2.34. The molecule has 12 heavy (non-hydrogen) atoms. The Morgan fingerprint density at radius 2 is 2.25 bits per heavy atom. The largest absolute Gasteiger partial charge is 0.363 e. The average molecular weight is 191 g/mol. The van der Waals surface area contributed by atoms with Crippen molar-refractivity contribution >= 4 is 16.0 Å². The summed E-state index contributed by atoms with van der Waals surface area (Å²) >= 11 is 0. The minimum Gasteiger partial charge on any atom is -0.363 e. The molecular weight excluding hydrogens is 182 g/mol. The highest BCUT2D eigenvalue weighted by Gasteiger charge is 2.13. The van der Waals surface area contributed by atoms with Crippen molar-refractivity contribution in [3.63, 3.8) is 0 Å². The van der Waals surface area contributed by atoms with Gasteiger partial charge in [-0.15, -0.1) is 0 Å². The molecule has 68 valence electrons. The van der Waals surface area contributed by atoms with Crippen molar-refractivity contribution in [3.8, 4) is 0 Å². The maximum atomic E-state index is 11.1. The predicted octanol–water partition coefficient (Wildman–Crippen LogP) is -0.107. The number of anilines is 1. The zero-order valence-corrected chi connectivity index (χ0v) is 7.50. The summed E-state index contributed by atoms with van der Waals surface area (Å²) in [7, 11) is -0.622. The molecule has 1 rings (SSSR count). The summed E-state index contributed by atoms with van der Waals surface area (Å²) in [6.45, 7) is 0. The summed E-state index contributed by atoms with van der Waals surface area (Å²) in [5.74, 6) is 0.170. The Morgan fingerprint density at radius 3 is 2.67 bits per heavy atom. The van der Waals surface area contributed by atoms with Gasteiger partial charge in [-0.1, -0.05) is 5.16 Å². The van der Waals surface area contributed by atoms with Gasteiger partial charge in [0.05, 0.1) is 0 Å². The lowest BCUT2D eigenvalue weighted by atomic mass is 10.7. The fourth-order valence-corrected chi connectivity index (χ4v) is 1.04. The first-order valence-electron chi connectivity index (χ1n) is 3.13. The smallest absolute Gasteiger partial charge is 0.302 e. The van der Waals surface area contributed by atoms with Crippen molar-refractivity contribution in [3.05, 3.63) is 12.3 Å². The van der Waals surface area contributed by atoms with Crippen molar-refractivity contribution in [2.24, 2.45) is 0 Å². The molecule has 0 aliphatic rings. The average Bonchev–Trinajstić information content (AvgIpc) is 2.38. The van der Waals surface area contributed by atoms with E-state index in [1.807, 2.05) is 0 Å². The molecule has 1 N–H and O–H groups in total. The van der Waals surface area contributed by atoms with E-state index in [9.17, 15) is 8.42 Å². The van der Waals surface area contributed by atoms with Gasteiger partial charge < -0.3 is 4.52 Å². The first-order valence-corrected chi connectivity index (χ1v) is 4.57. The van der Waals surface area contributed by atoms with Crippen LogP contribution in [-0.4, -0.2) is 32.0 Å². The van der Waals surface area contributed by atoms with Gasteiger partial charge in [-0.25, -0.2) is 0 Å². The van der Waals surface area contributed by atoms with Crippen molar-refractivity contribution in [2.45, 2.75) is 0 Å². The van der Waals surface area contributed by atoms with Crippen LogP contribution in [0.25, 0.3) is 0 Å². The summed E-state index contributed by atoms with van der Waals surface area (Å²) in [6, 6.07) is 1.42. The molecule has 0 saturated heterocycles. The second kappa shape index (κ2) is 3.11. The highest BCUT2D eigenvalue weighted by atomic mass is 32.2. The summed E-state index contributed by atoms with van der Waals surface area (Å²) in [4.78, 5) is 0. The molecule has 7 heteroatoms. The van der Waals surface area contributed by atoms with E-state index in [0.717, 1.165) is 4.31 Å². The molecule has 0 spiro atoms. The van der Waals surface area contributed by atoms with Gasteiger partial charge in [0.25, 0.3) is 0 Å². The van der Waals surface area contributed by atoms with E-state index in [-0.39, 0.29) is 5.82 Å². The number of nitrogens with zero attached hydrogens (tertiary/aromatic N) is 2. The van der Waals surface area contributed by atoms with Crippen molar-refractivity contribution in [1.29, 1.82) is 0 Å². The van der Waals surface area contributed by atoms with Gasteiger partial charge in [0.15, 0.2) is 5.82 Å². The normalized spacial score (nSPS) is 11.9. The Bertz CT molecular complexity index is 329. The van der Waals surface area contributed by atoms with Gasteiger partial charge in [-0.2, -0.15) is 12.7 Å². The Balaban J connectivity index is 2.77. The third kappa shape index (κ3) is 1.95. The van der Waals surface area contributed by atoms with E-state index < -0.39 is 10.2 Å². The van der Waals surface area contributed by atoms with E-state index >= 15 is 0 Å². The lowest BCUT2D eigenvalue weighted by molar-refractivity contribution is 0.422. The van der Waals surface area contributed by atoms with Gasteiger partial charge >= 0.3 is 10.2 Å². The summed E-state index contributed by atoms with van der Waals surface area (Å²) in [6.07, 6.45) is 1.29. The van der Waals surface area contributed by atoms with Crippen LogP contribution in [0.1, 0.15) is 0 Å². The Morgan fingerprint density at radius 1 is 1.58 bits per heavy atom. The number of hydrogen-bond acceptors (Lipinski definition) is 4. The number of hydrogen-bond donors (Lipinski definition) is 1. The molecular formula is C5H9N3O3S. The predicted molar refractivity (Wildman–Crippen MR) is 42.7 cm³/mol. The quantitative estimate of drug-likeness (QED) is 0.723. The van der Waals surface area contributed by atoms with Crippen LogP contribution in [0.2, 0.25) is 0 Å². The van der Waals surface area contributed by atoms with Gasteiger partial charge in [-0.05, 0) is 0 Å². The zero-order chi connectivity index (χ0) is 9.19. The molecule has 0 saturated carbocycles. The van der Waals surface area contributed by atoms with Gasteiger partial charge in [0, 0.05) is 20.2 Å². The first-order chi connectivity index (χ1) is 5.52. The van der Waals surface area contributed by atoms with Crippen LogP contribution in [-0.2, 0) is 10.2 Å². The van der Waals surface area contributed by atoms with Crippen LogP contribution in [0.4, 0.5) is 5.82 Å². The van der Waals surface area contributed by atoms with E-state index in [1.54, 1.807) is 0 Å². The second-order valence-corrected chi connectivity index (χ2v) is 4.16. The van der Waals surface area contributed by atoms with Crippen molar-refractivity contribution in [1.82, 2.24) is 9.46 Å². The Labute approximate surface area is 70.3 Å². The van der Waals surface area contributed by atoms with Crippen LogP contribution < -0.4 is 4.72 Å². The van der Waals surface area contributed by atoms with Crippen molar-refractivity contribution in [2.75, 3.05) is 18.8 Å². The second-order valence-electron chi connectivity index (χ2n) is 2.27. The molecule has 0 aliphatic heterocycles. The van der Waals surface area contributed by atoms with Crippen LogP contribution >= 0.6 is 0 Å². The highest BCUT2D eigenvalue weighted by molar-refractivity contribution is 7.90. The zero-order valence-electron chi connectivity index (χ0n) is 6.68. The molecule has 1 aromatic heterocycles. The molecule has 0 bridgehead atoms. The molecule has 0 amide bonds. The highest BCUT2D eigenvalue weighted by Crippen LogP contribution is 2.05. The molecule has 1 heterocycles. The molecule has 0 fully saturated rings. The fourth-order valence-electron chi connectivity index (χ4n) is 0.489. The topological polar surface area (TPSA) is 75.4 Å². The van der Waals surface area contributed by atoms with Crippen LogP contribution in [0.15, 0.2) is 16.9 Å². The molecule has 0 atom stereocenters. The number of nitrogens with one attached hydrogen (secondary N) is 1. The lowest BCUT2D eigenvalue weighted by Crippen LogP contribution is -2.28. The molecule has 0 aromatic carbocycles. The van der Waals surface area contributed by atoms with E-state index in [4.69, 9.17) is 0 Å². The van der Waals surface area contributed by atoms with E-state index in [1.165, 1.54) is 26.4 Å². The van der Waals surface area contributed by atoms with Crippen LogP contribution in [0.5, 0.6) is 0 Å². The standard InChI is InChI=1S/C5H9N3O3S/c1-8(2)12(9,10)7-5-3-4-11-6-5/h3-4H,1-2H3,(H,6,7). The van der Waals surface area contributed by atoms with Gasteiger partial charge in [0.1, 0.15) is 6.26 Å².